The van der Waals surface area contributed by atoms with E-state index in [1.54, 1.807) is 4.90 Å². The van der Waals surface area contributed by atoms with E-state index in [4.69, 9.17) is 4.74 Å². The fraction of sp³-hybridized carbons (Fsp3) is 0.773. The van der Waals surface area contributed by atoms with E-state index < -0.39 is 11.5 Å². The lowest BCUT2D eigenvalue weighted by Crippen LogP contribution is -2.52. The van der Waals surface area contributed by atoms with Gasteiger partial charge in [-0.25, -0.2) is 0 Å². The van der Waals surface area contributed by atoms with E-state index in [9.17, 15) is 19.5 Å². The average Bonchev–Trinajstić information content (AvgIpc) is 3.37. The minimum absolute atomic E-state index is 0.0308. The molecular weight excluding hydrogens is 372 g/mol. The highest BCUT2D eigenvalue weighted by atomic mass is 16.5. The summed E-state index contributed by atoms with van der Waals surface area (Å²) >= 11 is 0. The van der Waals surface area contributed by atoms with E-state index in [1.165, 1.54) is 0 Å². The minimum atomic E-state index is -0.507. The number of amides is 2. The molecule has 7 heteroatoms. The summed E-state index contributed by atoms with van der Waals surface area (Å²) in [7, 11) is 0. The molecule has 2 fully saturated rings. The molecule has 7 nitrogen and oxygen atoms in total. The van der Waals surface area contributed by atoms with Gasteiger partial charge in [-0.1, -0.05) is 25.0 Å². The largest absolute Gasteiger partial charge is 0.463 e. The van der Waals surface area contributed by atoms with E-state index in [-0.39, 0.29) is 43.5 Å². The highest BCUT2D eigenvalue weighted by Crippen LogP contribution is 2.31. The summed E-state index contributed by atoms with van der Waals surface area (Å²) in [4.78, 5) is 39.7. The molecule has 2 atom stereocenters. The predicted molar refractivity (Wildman–Crippen MR) is 108 cm³/mol. The number of carbonyl (C=O) groups is 3. The molecule has 0 aromatic heterocycles. The Balaban J connectivity index is 1.72. The van der Waals surface area contributed by atoms with Crippen LogP contribution in [0.3, 0.4) is 0 Å². The van der Waals surface area contributed by atoms with Gasteiger partial charge in [0.15, 0.2) is 0 Å². The van der Waals surface area contributed by atoms with E-state index in [0.717, 1.165) is 51.4 Å². The van der Waals surface area contributed by atoms with Gasteiger partial charge in [-0.2, -0.15) is 0 Å². The minimum Gasteiger partial charge on any atom is -0.463 e. The van der Waals surface area contributed by atoms with Gasteiger partial charge in [0, 0.05) is 19.4 Å². The lowest BCUT2D eigenvalue weighted by molar-refractivity contribution is -0.147. The average molecular weight is 407 g/mol. The molecule has 2 amide bonds. The number of nitrogens with zero attached hydrogens (tertiary/aromatic N) is 1. The lowest BCUT2D eigenvalue weighted by atomic mass is 9.94. The number of esters is 1. The third kappa shape index (κ3) is 5.81. The van der Waals surface area contributed by atoms with Gasteiger partial charge >= 0.3 is 5.97 Å². The second-order valence-electron chi connectivity index (χ2n) is 8.70. The molecule has 1 saturated carbocycles. The van der Waals surface area contributed by atoms with Crippen molar-refractivity contribution in [2.24, 2.45) is 5.92 Å². The van der Waals surface area contributed by atoms with Crippen LogP contribution in [-0.2, 0) is 19.1 Å². The molecule has 1 aliphatic carbocycles. The molecule has 0 unspecified atom stereocenters. The topological polar surface area (TPSA) is 95.9 Å². The summed E-state index contributed by atoms with van der Waals surface area (Å²) in [6.45, 7) is 0.829. The van der Waals surface area contributed by atoms with E-state index in [2.05, 4.69) is 5.32 Å². The number of hydrogen-bond donors (Lipinski definition) is 2. The number of likely N-dealkylation sites (tertiary alicyclic amines) is 1. The molecule has 0 radical (unpaired) electrons. The Morgan fingerprint density at radius 1 is 1.21 bits per heavy atom. The highest BCUT2D eigenvalue weighted by Gasteiger charge is 2.39. The van der Waals surface area contributed by atoms with Crippen LogP contribution in [0.5, 0.6) is 0 Å². The van der Waals surface area contributed by atoms with Crippen molar-refractivity contribution < 1.29 is 24.2 Å². The van der Waals surface area contributed by atoms with E-state index in [0.29, 0.717) is 19.4 Å². The van der Waals surface area contributed by atoms with Crippen LogP contribution in [-0.4, -0.2) is 59.1 Å². The van der Waals surface area contributed by atoms with Crippen molar-refractivity contribution in [3.8, 4) is 0 Å². The van der Waals surface area contributed by atoms with Gasteiger partial charge in [-0.15, -0.1) is 0 Å². The van der Waals surface area contributed by atoms with E-state index >= 15 is 0 Å². The maximum atomic E-state index is 13.2. The lowest BCUT2D eigenvalue weighted by Gasteiger charge is -2.32. The summed E-state index contributed by atoms with van der Waals surface area (Å²) in [5.41, 5.74) is -0.507. The van der Waals surface area contributed by atoms with Gasteiger partial charge in [0.2, 0.25) is 11.8 Å². The van der Waals surface area contributed by atoms with Crippen molar-refractivity contribution >= 4 is 17.8 Å². The number of aliphatic hydroxyl groups excluding tert-OH is 1. The summed E-state index contributed by atoms with van der Waals surface area (Å²) in [5.74, 6) is -0.868. The van der Waals surface area contributed by atoms with Crippen LogP contribution in [0.1, 0.15) is 70.6 Å². The second kappa shape index (κ2) is 10.2. The first-order valence-electron chi connectivity index (χ1n) is 11.1. The van der Waals surface area contributed by atoms with E-state index in [1.807, 2.05) is 12.2 Å². The molecule has 29 heavy (non-hydrogen) atoms. The van der Waals surface area contributed by atoms with Crippen molar-refractivity contribution in [2.75, 3.05) is 19.8 Å². The van der Waals surface area contributed by atoms with Gasteiger partial charge in [0.05, 0.1) is 24.1 Å². The standard InChI is InChI=1S/C22H34N2O5/c25-15-18-9-7-13-24(18)19(26)14-17-8-3-1-2-4-10-20(27)29-16-22(23-21(17)28)11-5-6-12-22/h1,3,17-18,25H,2,4-16H2,(H,23,28)/t17-,18+/m1/s1. The molecule has 0 aromatic rings. The fourth-order valence-corrected chi connectivity index (χ4v) is 4.72. The first-order valence-corrected chi connectivity index (χ1v) is 11.1. The summed E-state index contributed by atoms with van der Waals surface area (Å²) in [5, 5.41) is 12.7. The summed E-state index contributed by atoms with van der Waals surface area (Å²) < 4.78 is 5.49. The zero-order valence-electron chi connectivity index (χ0n) is 17.2. The van der Waals surface area contributed by atoms with Crippen LogP contribution in [0.2, 0.25) is 0 Å². The fourth-order valence-electron chi connectivity index (χ4n) is 4.72. The number of hydrogen-bond acceptors (Lipinski definition) is 5. The van der Waals surface area contributed by atoms with Gasteiger partial charge in [-0.3, -0.25) is 14.4 Å². The van der Waals surface area contributed by atoms with Crippen LogP contribution in [0, 0.1) is 5.92 Å². The Morgan fingerprint density at radius 3 is 2.76 bits per heavy atom. The van der Waals surface area contributed by atoms with Crippen molar-refractivity contribution in [1.82, 2.24) is 10.2 Å². The van der Waals surface area contributed by atoms with Crippen molar-refractivity contribution in [3.63, 3.8) is 0 Å². The SMILES string of the molecule is O=C1CCCC=CC[C@H](CC(=O)N2CCC[C@H]2CO)C(=O)NC2(CCCC2)CO1. The Bertz CT molecular complexity index is 627. The number of nitrogens with one attached hydrogen (secondary N) is 1. The monoisotopic (exact) mass is 406 g/mol. The number of cyclic esters (lactones) is 1. The summed E-state index contributed by atoms with van der Waals surface area (Å²) in [6.07, 6.45) is 11.7. The number of aliphatic hydroxyl groups is 1. The van der Waals surface area contributed by atoms with Crippen LogP contribution in [0.4, 0.5) is 0 Å². The molecule has 3 rings (SSSR count). The Morgan fingerprint density at radius 2 is 2.00 bits per heavy atom. The van der Waals surface area contributed by atoms with Crippen LogP contribution in [0.25, 0.3) is 0 Å². The van der Waals surface area contributed by atoms with Crippen LogP contribution in [0.15, 0.2) is 12.2 Å². The normalized spacial score (nSPS) is 28.4. The molecular formula is C22H34N2O5. The zero-order valence-corrected chi connectivity index (χ0v) is 17.2. The first kappa shape index (κ1) is 21.8. The molecule has 1 spiro atoms. The Labute approximate surface area is 172 Å². The number of ether oxygens (including phenoxy) is 1. The number of rotatable bonds is 3. The molecule has 162 valence electrons. The third-order valence-electron chi connectivity index (χ3n) is 6.50. The second-order valence-corrected chi connectivity index (χ2v) is 8.70. The molecule has 2 heterocycles. The Kier molecular flexibility index (Phi) is 7.70. The first-order chi connectivity index (χ1) is 14.0. The quantitative estimate of drug-likeness (QED) is 0.553. The van der Waals surface area contributed by atoms with Crippen molar-refractivity contribution in [1.29, 1.82) is 0 Å². The van der Waals surface area contributed by atoms with Crippen molar-refractivity contribution in [2.45, 2.75) is 82.2 Å². The smallest absolute Gasteiger partial charge is 0.305 e. The highest BCUT2D eigenvalue weighted by molar-refractivity contribution is 5.86. The van der Waals surface area contributed by atoms with Gasteiger partial charge < -0.3 is 20.1 Å². The molecule has 1 saturated heterocycles. The molecule has 2 N–H and O–H groups in total. The van der Waals surface area contributed by atoms with Gasteiger partial charge in [0.1, 0.15) is 6.61 Å². The molecule has 2 aliphatic heterocycles. The van der Waals surface area contributed by atoms with Gasteiger partial charge in [-0.05, 0) is 44.9 Å². The molecule has 3 aliphatic rings. The Hall–Kier alpha value is -1.89. The van der Waals surface area contributed by atoms with Gasteiger partial charge in [0.25, 0.3) is 0 Å². The third-order valence-corrected chi connectivity index (χ3v) is 6.50. The maximum Gasteiger partial charge on any atom is 0.305 e. The number of allylic oxidation sites excluding steroid dienone is 2. The van der Waals surface area contributed by atoms with Crippen molar-refractivity contribution in [3.05, 3.63) is 12.2 Å². The zero-order chi connectivity index (χ0) is 20.7. The molecule has 0 aromatic carbocycles. The molecule has 0 bridgehead atoms. The number of carbonyl (C=O) groups excluding carboxylic acids is 3. The summed E-state index contributed by atoms with van der Waals surface area (Å²) in [6, 6.07) is -0.128. The maximum absolute atomic E-state index is 13.2. The predicted octanol–water partition coefficient (Wildman–Crippen LogP) is 2.08. The van der Waals surface area contributed by atoms with Crippen LogP contribution >= 0.6 is 0 Å². The van der Waals surface area contributed by atoms with Crippen LogP contribution < -0.4 is 5.32 Å².